The Hall–Kier alpha value is -0.860. The highest BCUT2D eigenvalue weighted by molar-refractivity contribution is 5.33. The minimum absolute atomic E-state index is 0.614. The first-order valence-electron chi connectivity index (χ1n) is 7.74. The van der Waals surface area contributed by atoms with Gasteiger partial charge in [0.05, 0.1) is 0 Å². The number of nitrogens with one attached hydrogen (secondary N) is 1. The Labute approximate surface area is 118 Å². The van der Waals surface area contributed by atoms with E-state index in [0.29, 0.717) is 6.04 Å². The molecule has 0 bridgehead atoms. The van der Waals surface area contributed by atoms with E-state index in [1.807, 2.05) is 0 Å². The van der Waals surface area contributed by atoms with Gasteiger partial charge in [0.2, 0.25) is 0 Å². The van der Waals surface area contributed by atoms with Gasteiger partial charge in [0.15, 0.2) is 0 Å². The van der Waals surface area contributed by atoms with E-state index in [1.165, 1.54) is 43.5 Å². The zero-order chi connectivity index (χ0) is 13.7. The average molecular weight is 260 g/mol. The number of piperazine rings is 1. The molecule has 0 spiro atoms. The van der Waals surface area contributed by atoms with E-state index >= 15 is 0 Å². The van der Waals surface area contributed by atoms with Gasteiger partial charge in [-0.25, -0.2) is 0 Å². The molecule has 0 aliphatic carbocycles. The van der Waals surface area contributed by atoms with E-state index in [9.17, 15) is 0 Å². The summed E-state index contributed by atoms with van der Waals surface area (Å²) in [5.41, 5.74) is 4.37. The topological polar surface area (TPSA) is 15.3 Å². The van der Waals surface area contributed by atoms with Crippen molar-refractivity contribution in [2.24, 2.45) is 0 Å². The zero-order valence-electron chi connectivity index (χ0n) is 12.7. The van der Waals surface area contributed by atoms with Crippen LogP contribution in [-0.2, 0) is 0 Å². The van der Waals surface area contributed by atoms with Gasteiger partial charge in [0.1, 0.15) is 0 Å². The van der Waals surface area contributed by atoms with Crippen LogP contribution in [-0.4, -0.2) is 31.1 Å². The molecule has 1 fully saturated rings. The Bertz CT molecular complexity index is 394. The zero-order valence-corrected chi connectivity index (χ0v) is 12.7. The summed E-state index contributed by atoms with van der Waals surface area (Å²) in [6, 6.07) is 7.56. The number of unbranched alkanes of at least 4 members (excludes halogenated alkanes) is 1. The van der Waals surface area contributed by atoms with Crippen molar-refractivity contribution in [2.75, 3.05) is 26.2 Å². The van der Waals surface area contributed by atoms with Crippen LogP contribution in [0.1, 0.15) is 48.9 Å². The monoisotopic (exact) mass is 260 g/mol. The Kier molecular flexibility index (Phi) is 5.41. The smallest absolute Gasteiger partial charge is 0.0351 e. The molecular formula is C17H28N2. The molecule has 1 unspecified atom stereocenters. The van der Waals surface area contributed by atoms with Gasteiger partial charge in [-0.2, -0.15) is 0 Å². The van der Waals surface area contributed by atoms with E-state index in [-0.39, 0.29) is 0 Å². The van der Waals surface area contributed by atoms with Gasteiger partial charge in [0.25, 0.3) is 0 Å². The van der Waals surface area contributed by atoms with Crippen molar-refractivity contribution in [2.45, 2.75) is 46.1 Å². The molecular weight excluding hydrogens is 232 g/mol. The first-order valence-corrected chi connectivity index (χ1v) is 7.74. The number of rotatable bonds is 5. The summed E-state index contributed by atoms with van der Waals surface area (Å²) in [5.74, 6) is 0. The summed E-state index contributed by atoms with van der Waals surface area (Å²) in [5, 5.41) is 3.46. The minimum Gasteiger partial charge on any atom is -0.314 e. The standard InChI is InChI=1S/C17H28N2/c1-4-5-6-17(19-11-9-18-10-12-19)16-8-7-14(2)13-15(16)3/h7-8,13,17-18H,4-6,9-12H2,1-3H3. The summed E-state index contributed by atoms with van der Waals surface area (Å²) in [4.78, 5) is 2.67. The Morgan fingerprint density at radius 1 is 1.21 bits per heavy atom. The second-order valence-electron chi connectivity index (χ2n) is 5.80. The van der Waals surface area contributed by atoms with Crippen molar-refractivity contribution in [3.05, 3.63) is 34.9 Å². The fourth-order valence-electron chi connectivity index (χ4n) is 3.13. The third-order valence-corrected chi connectivity index (χ3v) is 4.21. The third kappa shape index (κ3) is 3.80. The van der Waals surface area contributed by atoms with Crippen molar-refractivity contribution in [1.29, 1.82) is 0 Å². The molecule has 0 amide bonds. The summed E-state index contributed by atoms with van der Waals surface area (Å²) < 4.78 is 0. The predicted octanol–water partition coefficient (Wildman–Crippen LogP) is 3.44. The molecule has 19 heavy (non-hydrogen) atoms. The lowest BCUT2D eigenvalue weighted by molar-refractivity contribution is 0.162. The summed E-state index contributed by atoms with van der Waals surface area (Å²) in [6.45, 7) is 11.4. The molecule has 1 N–H and O–H groups in total. The van der Waals surface area contributed by atoms with Crippen molar-refractivity contribution in [1.82, 2.24) is 10.2 Å². The number of hydrogen-bond donors (Lipinski definition) is 1. The third-order valence-electron chi connectivity index (χ3n) is 4.21. The molecule has 1 aliphatic heterocycles. The van der Waals surface area contributed by atoms with E-state index in [1.54, 1.807) is 5.56 Å². The Balaban J connectivity index is 2.19. The Morgan fingerprint density at radius 3 is 2.58 bits per heavy atom. The fraction of sp³-hybridized carbons (Fsp3) is 0.647. The molecule has 106 valence electrons. The summed E-state index contributed by atoms with van der Waals surface area (Å²) >= 11 is 0. The first kappa shape index (κ1) is 14.5. The van der Waals surface area contributed by atoms with E-state index < -0.39 is 0 Å². The molecule has 2 rings (SSSR count). The van der Waals surface area contributed by atoms with Crippen LogP contribution in [0.2, 0.25) is 0 Å². The van der Waals surface area contributed by atoms with Crippen molar-refractivity contribution in [3.8, 4) is 0 Å². The van der Waals surface area contributed by atoms with Gasteiger partial charge in [0, 0.05) is 32.2 Å². The number of benzene rings is 1. The lowest BCUT2D eigenvalue weighted by atomic mass is 9.94. The highest BCUT2D eigenvalue weighted by Gasteiger charge is 2.22. The van der Waals surface area contributed by atoms with Gasteiger partial charge >= 0.3 is 0 Å². The van der Waals surface area contributed by atoms with Crippen molar-refractivity contribution in [3.63, 3.8) is 0 Å². The van der Waals surface area contributed by atoms with E-state index in [4.69, 9.17) is 0 Å². The van der Waals surface area contributed by atoms with Gasteiger partial charge < -0.3 is 5.32 Å². The van der Waals surface area contributed by atoms with Crippen LogP contribution in [0.4, 0.5) is 0 Å². The van der Waals surface area contributed by atoms with Crippen LogP contribution in [0.25, 0.3) is 0 Å². The molecule has 0 aromatic heterocycles. The maximum atomic E-state index is 3.46. The summed E-state index contributed by atoms with van der Waals surface area (Å²) in [6.07, 6.45) is 3.90. The maximum absolute atomic E-state index is 3.46. The largest absolute Gasteiger partial charge is 0.314 e. The molecule has 1 aromatic rings. The highest BCUT2D eigenvalue weighted by Crippen LogP contribution is 2.29. The molecule has 2 nitrogen and oxygen atoms in total. The quantitative estimate of drug-likeness (QED) is 0.872. The normalized spacial score (nSPS) is 18.5. The van der Waals surface area contributed by atoms with Gasteiger partial charge in [-0.1, -0.05) is 43.5 Å². The lowest BCUT2D eigenvalue weighted by Gasteiger charge is -2.36. The summed E-state index contributed by atoms with van der Waals surface area (Å²) in [7, 11) is 0. The van der Waals surface area contributed by atoms with Crippen LogP contribution in [0.5, 0.6) is 0 Å². The van der Waals surface area contributed by atoms with Crippen molar-refractivity contribution >= 4 is 0 Å². The van der Waals surface area contributed by atoms with E-state index in [0.717, 1.165) is 13.1 Å². The lowest BCUT2D eigenvalue weighted by Crippen LogP contribution is -2.45. The minimum atomic E-state index is 0.614. The molecule has 1 aliphatic rings. The van der Waals surface area contributed by atoms with Crippen molar-refractivity contribution < 1.29 is 0 Å². The Morgan fingerprint density at radius 2 is 1.95 bits per heavy atom. The molecule has 1 heterocycles. The number of nitrogens with zero attached hydrogens (tertiary/aromatic N) is 1. The van der Waals surface area contributed by atoms with Crippen LogP contribution < -0.4 is 5.32 Å². The van der Waals surface area contributed by atoms with Gasteiger partial charge in [-0.15, -0.1) is 0 Å². The molecule has 0 radical (unpaired) electrons. The first-order chi connectivity index (χ1) is 9.22. The average Bonchev–Trinajstić information content (AvgIpc) is 2.42. The van der Waals surface area contributed by atoms with Gasteiger partial charge in [-0.3, -0.25) is 4.90 Å². The van der Waals surface area contributed by atoms with Crippen LogP contribution >= 0.6 is 0 Å². The molecule has 1 saturated heterocycles. The SMILES string of the molecule is CCCCC(c1ccc(C)cc1C)N1CCNCC1. The highest BCUT2D eigenvalue weighted by atomic mass is 15.2. The predicted molar refractivity (Wildman–Crippen MR) is 82.6 cm³/mol. The van der Waals surface area contributed by atoms with Crippen LogP contribution in [0, 0.1) is 13.8 Å². The fourth-order valence-corrected chi connectivity index (χ4v) is 3.13. The molecule has 0 saturated carbocycles. The number of aryl methyl sites for hydroxylation is 2. The molecule has 1 aromatic carbocycles. The van der Waals surface area contributed by atoms with Crippen LogP contribution in [0.3, 0.4) is 0 Å². The second kappa shape index (κ2) is 7.06. The van der Waals surface area contributed by atoms with E-state index in [2.05, 4.69) is 49.2 Å². The molecule has 1 atom stereocenters. The van der Waals surface area contributed by atoms with Crippen LogP contribution in [0.15, 0.2) is 18.2 Å². The molecule has 2 heteroatoms. The van der Waals surface area contributed by atoms with Gasteiger partial charge in [-0.05, 0) is 31.4 Å². The number of hydrogen-bond acceptors (Lipinski definition) is 2. The second-order valence-corrected chi connectivity index (χ2v) is 5.80. The maximum Gasteiger partial charge on any atom is 0.0351 e.